The summed E-state index contributed by atoms with van der Waals surface area (Å²) in [6.45, 7) is -0.301. The number of nitrogens with one attached hydrogen (secondary N) is 2. The predicted octanol–water partition coefficient (Wildman–Crippen LogP) is 1.83. The Bertz CT molecular complexity index is 417. The molecule has 0 aliphatic carbocycles. The molecule has 5 nitrogen and oxygen atoms in total. The normalized spacial score (nSPS) is 9.59. The molecule has 0 saturated heterocycles. The van der Waals surface area contributed by atoms with Crippen molar-refractivity contribution in [3.8, 4) is 5.75 Å². The summed E-state index contributed by atoms with van der Waals surface area (Å²) in [5.41, 5.74) is 0. The maximum Gasteiger partial charge on any atom is 0.321 e. The van der Waals surface area contributed by atoms with Crippen LogP contribution in [0.4, 0.5) is 4.79 Å². The number of carbonyl (C=O) groups excluding carboxylic acids is 2. The summed E-state index contributed by atoms with van der Waals surface area (Å²) >= 11 is 11.5. The van der Waals surface area contributed by atoms with Crippen LogP contribution >= 0.6 is 23.2 Å². The Hall–Kier alpha value is -1.46. The van der Waals surface area contributed by atoms with E-state index in [0.717, 1.165) is 0 Å². The van der Waals surface area contributed by atoms with Crippen LogP contribution in [-0.2, 0) is 4.79 Å². The first-order chi connectivity index (χ1) is 8.01. The summed E-state index contributed by atoms with van der Waals surface area (Å²) in [7, 11) is 1.40. The van der Waals surface area contributed by atoms with Crippen molar-refractivity contribution in [3.05, 3.63) is 28.2 Å². The quantitative estimate of drug-likeness (QED) is 0.885. The van der Waals surface area contributed by atoms with Gasteiger partial charge in [-0.15, -0.1) is 0 Å². The predicted molar refractivity (Wildman–Crippen MR) is 64.6 cm³/mol. The molecule has 0 unspecified atom stereocenters. The molecule has 3 amide bonds. The highest BCUT2D eigenvalue weighted by atomic mass is 35.5. The summed E-state index contributed by atoms with van der Waals surface area (Å²) in [5.74, 6) is -0.213. The monoisotopic (exact) mass is 276 g/mol. The Labute approximate surface area is 108 Å². The van der Waals surface area contributed by atoms with E-state index in [1.165, 1.54) is 19.2 Å². The zero-order chi connectivity index (χ0) is 12.8. The van der Waals surface area contributed by atoms with Gasteiger partial charge in [0.1, 0.15) is 5.75 Å². The Kier molecular flexibility index (Phi) is 5.06. The second kappa shape index (κ2) is 6.32. The van der Waals surface area contributed by atoms with Gasteiger partial charge >= 0.3 is 6.03 Å². The van der Waals surface area contributed by atoms with E-state index >= 15 is 0 Å². The molecule has 0 aromatic heterocycles. The van der Waals surface area contributed by atoms with Gasteiger partial charge < -0.3 is 10.1 Å². The minimum absolute atomic E-state index is 0.301. The van der Waals surface area contributed by atoms with E-state index in [9.17, 15) is 9.59 Å². The van der Waals surface area contributed by atoms with Gasteiger partial charge in [0.15, 0.2) is 6.61 Å². The lowest BCUT2D eigenvalue weighted by Crippen LogP contribution is -2.39. The Morgan fingerprint density at radius 1 is 1.24 bits per heavy atom. The molecule has 7 heteroatoms. The fourth-order valence-electron chi connectivity index (χ4n) is 0.986. The Morgan fingerprint density at radius 2 is 1.82 bits per heavy atom. The van der Waals surface area contributed by atoms with Crippen LogP contribution in [0.3, 0.4) is 0 Å². The third-order valence-corrected chi connectivity index (χ3v) is 2.12. The number of halogens is 2. The minimum atomic E-state index is -0.595. The number of ether oxygens (including phenoxy) is 1. The van der Waals surface area contributed by atoms with Crippen LogP contribution in [0.2, 0.25) is 10.0 Å². The van der Waals surface area contributed by atoms with Gasteiger partial charge in [-0.2, -0.15) is 0 Å². The van der Waals surface area contributed by atoms with Crippen molar-refractivity contribution in [2.75, 3.05) is 13.7 Å². The zero-order valence-corrected chi connectivity index (χ0v) is 10.4. The van der Waals surface area contributed by atoms with E-state index in [1.807, 2.05) is 5.32 Å². The molecular formula is C10H10Cl2N2O3. The van der Waals surface area contributed by atoms with Crippen LogP contribution in [0, 0.1) is 0 Å². The highest BCUT2D eigenvalue weighted by molar-refractivity contribution is 6.34. The molecule has 0 aliphatic rings. The molecule has 0 spiro atoms. The van der Waals surface area contributed by atoms with E-state index in [1.54, 1.807) is 6.07 Å². The second-order valence-corrected chi connectivity index (χ2v) is 3.89. The minimum Gasteiger partial charge on any atom is -0.484 e. The van der Waals surface area contributed by atoms with Gasteiger partial charge in [-0.3, -0.25) is 10.1 Å². The molecule has 0 radical (unpaired) electrons. The molecular weight excluding hydrogens is 267 g/mol. The molecule has 1 aromatic carbocycles. The van der Waals surface area contributed by atoms with Crippen molar-refractivity contribution in [1.82, 2.24) is 10.6 Å². The Morgan fingerprint density at radius 3 is 2.35 bits per heavy atom. The van der Waals surface area contributed by atoms with Crippen molar-refractivity contribution in [3.63, 3.8) is 0 Å². The number of carbonyl (C=O) groups is 2. The molecule has 0 atom stereocenters. The third kappa shape index (κ3) is 4.93. The number of rotatable bonds is 3. The lowest BCUT2D eigenvalue weighted by Gasteiger charge is -2.07. The third-order valence-electron chi connectivity index (χ3n) is 1.69. The van der Waals surface area contributed by atoms with E-state index in [4.69, 9.17) is 27.9 Å². The van der Waals surface area contributed by atoms with Crippen LogP contribution in [0.5, 0.6) is 5.75 Å². The number of imide groups is 1. The molecule has 0 aliphatic heterocycles. The smallest absolute Gasteiger partial charge is 0.321 e. The fourth-order valence-corrected chi connectivity index (χ4v) is 1.49. The van der Waals surface area contributed by atoms with Gasteiger partial charge in [0, 0.05) is 17.1 Å². The second-order valence-electron chi connectivity index (χ2n) is 3.02. The van der Waals surface area contributed by atoms with Crippen molar-refractivity contribution in [1.29, 1.82) is 0 Å². The first-order valence-electron chi connectivity index (χ1n) is 4.61. The number of hydrogen-bond acceptors (Lipinski definition) is 3. The van der Waals surface area contributed by atoms with Crippen LogP contribution in [0.1, 0.15) is 0 Å². The highest BCUT2D eigenvalue weighted by Crippen LogP contribution is 2.23. The first-order valence-corrected chi connectivity index (χ1v) is 5.37. The lowest BCUT2D eigenvalue weighted by atomic mass is 10.3. The van der Waals surface area contributed by atoms with Gasteiger partial charge in [0.05, 0.1) is 0 Å². The number of amides is 3. The largest absolute Gasteiger partial charge is 0.484 e. The van der Waals surface area contributed by atoms with Gasteiger partial charge in [0.2, 0.25) is 0 Å². The average molecular weight is 277 g/mol. The fraction of sp³-hybridized carbons (Fsp3) is 0.200. The average Bonchev–Trinajstić information content (AvgIpc) is 2.25. The van der Waals surface area contributed by atoms with Gasteiger partial charge in [-0.25, -0.2) is 4.79 Å². The molecule has 0 saturated carbocycles. The van der Waals surface area contributed by atoms with E-state index in [-0.39, 0.29) is 6.61 Å². The maximum absolute atomic E-state index is 11.2. The summed E-state index contributed by atoms with van der Waals surface area (Å²) in [4.78, 5) is 22.0. The lowest BCUT2D eigenvalue weighted by molar-refractivity contribution is -0.122. The highest BCUT2D eigenvalue weighted by Gasteiger charge is 2.07. The molecule has 92 valence electrons. The van der Waals surface area contributed by atoms with Gasteiger partial charge in [-0.1, -0.05) is 23.2 Å². The first kappa shape index (κ1) is 13.6. The number of urea groups is 1. The summed E-state index contributed by atoms with van der Waals surface area (Å²) < 4.78 is 5.11. The van der Waals surface area contributed by atoms with Crippen molar-refractivity contribution in [2.45, 2.75) is 0 Å². The summed E-state index contributed by atoms with van der Waals surface area (Å²) in [6.07, 6.45) is 0. The van der Waals surface area contributed by atoms with Gasteiger partial charge in [0.25, 0.3) is 5.91 Å². The van der Waals surface area contributed by atoms with Crippen LogP contribution in [0.25, 0.3) is 0 Å². The topological polar surface area (TPSA) is 67.4 Å². The van der Waals surface area contributed by atoms with E-state index in [0.29, 0.717) is 15.8 Å². The number of benzene rings is 1. The molecule has 0 bridgehead atoms. The number of hydrogen-bond donors (Lipinski definition) is 2. The molecule has 0 fully saturated rings. The summed E-state index contributed by atoms with van der Waals surface area (Å²) in [5, 5.41) is 5.10. The molecule has 1 aromatic rings. The van der Waals surface area contributed by atoms with Crippen molar-refractivity contribution < 1.29 is 14.3 Å². The SMILES string of the molecule is CNC(=O)NC(=O)COc1cc(Cl)cc(Cl)c1. The van der Waals surface area contributed by atoms with E-state index in [2.05, 4.69) is 5.32 Å². The van der Waals surface area contributed by atoms with Crippen LogP contribution in [-0.4, -0.2) is 25.6 Å². The maximum atomic E-state index is 11.2. The van der Waals surface area contributed by atoms with E-state index < -0.39 is 11.9 Å². The summed E-state index contributed by atoms with van der Waals surface area (Å²) in [6, 6.07) is 3.98. The van der Waals surface area contributed by atoms with Crippen molar-refractivity contribution >= 4 is 35.1 Å². The van der Waals surface area contributed by atoms with Crippen molar-refractivity contribution in [2.24, 2.45) is 0 Å². The van der Waals surface area contributed by atoms with Crippen LogP contribution in [0.15, 0.2) is 18.2 Å². The molecule has 1 rings (SSSR count). The van der Waals surface area contributed by atoms with Crippen LogP contribution < -0.4 is 15.4 Å². The standard InChI is InChI=1S/C10H10Cl2N2O3/c1-13-10(16)14-9(15)5-17-8-3-6(11)2-7(12)4-8/h2-4H,5H2,1H3,(H2,13,14,15,16). The zero-order valence-electron chi connectivity index (χ0n) is 8.92. The molecule has 17 heavy (non-hydrogen) atoms. The Balaban J connectivity index is 2.50. The molecule has 0 heterocycles. The molecule has 2 N–H and O–H groups in total. The van der Waals surface area contributed by atoms with Gasteiger partial charge in [-0.05, 0) is 18.2 Å².